The quantitative estimate of drug-likeness (QED) is 0.736. The van der Waals surface area contributed by atoms with Crippen molar-refractivity contribution in [2.75, 3.05) is 26.7 Å². The second-order valence-electron chi connectivity index (χ2n) is 9.53. The minimum Gasteiger partial charge on any atom is -0.394 e. The molecular formula is C23H39N5O4. The summed E-state index contributed by atoms with van der Waals surface area (Å²) in [6.45, 7) is 5.67. The lowest BCUT2D eigenvalue weighted by molar-refractivity contribution is -0.140. The van der Waals surface area contributed by atoms with Crippen LogP contribution in [0.15, 0.2) is 6.20 Å². The van der Waals surface area contributed by atoms with E-state index in [2.05, 4.69) is 10.3 Å². The van der Waals surface area contributed by atoms with Crippen LogP contribution in [0.4, 0.5) is 0 Å². The van der Waals surface area contributed by atoms with E-state index >= 15 is 0 Å². The van der Waals surface area contributed by atoms with Gasteiger partial charge in [0.2, 0.25) is 11.8 Å². The fourth-order valence-electron chi connectivity index (χ4n) is 4.71. The smallest absolute Gasteiger partial charge is 0.225 e. The van der Waals surface area contributed by atoms with Gasteiger partial charge in [0.05, 0.1) is 31.6 Å². The van der Waals surface area contributed by atoms with Crippen molar-refractivity contribution < 1.29 is 19.4 Å². The van der Waals surface area contributed by atoms with Crippen LogP contribution in [0.1, 0.15) is 64.5 Å². The molecule has 2 aliphatic rings. The zero-order chi connectivity index (χ0) is 23.1. The van der Waals surface area contributed by atoms with Crippen LogP contribution in [-0.2, 0) is 27.5 Å². The Kier molecular flexibility index (Phi) is 9.04. The van der Waals surface area contributed by atoms with Crippen LogP contribution in [0, 0.1) is 11.8 Å². The number of aromatic nitrogens is 3. The lowest BCUT2D eigenvalue weighted by Gasteiger charge is -2.36. The van der Waals surface area contributed by atoms with Gasteiger partial charge < -0.3 is 19.6 Å². The Hall–Kier alpha value is -2.00. The first kappa shape index (κ1) is 24.6. The molecule has 2 bridgehead atoms. The van der Waals surface area contributed by atoms with Crippen LogP contribution in [0.5, 0.6) is 0 Å². The van der Waals surface area contributed by atoms with Crippen molar-refractivity contribution >= 4 is 11.8 Å². The predicted molar refractivity (Wildman–Crippen MR) is 119 cm³/mol. The molecule has 1 N–H and O–H groups in total. The normalized spacial score (nSPS) is 24.9. The first-order valence-electron chi connectivity index (χ1n) is 12.0. The van der Waals surface area contributed by atoms with Crippen LogP contribution in [0.2, 0.25) is 0 Å². The average Bonchev–Trinajstić information content (AvgIpc) is 3.26. The highest BCUT2D eigenvalue weighted by Crippen LogP contribution is 2.26. The number of aliphatic hydroxyl groups excluding tert-OH is 1. The zero-order valence-corrected chi connectivity index (χ0v) is 19.8. The van der Waals surface area contributed by atoms with E-state index in [0.29, 0.717) is 39.1 Å². The number of carbonyl (C=O) groups is 2. The first-order valence-corrected chi connectivity index (χ1v) is 12.0. The molecule has 2 heterocycles. The second kappa shape index (κ2) is 11.7. The molecule has 3 atom stereocenters. The van der Waals surface area contributed by atoms with Gasteiger partial charge >= 0.3 is 0 Å². The lowest BCUT2D eigenvalue weighted by atomic mass is 9.88. The van der Waals surface area contributed by atoms with E-state index in [1.54, 1.807) is 14.5 Å². The fraction of sp³-hybridized carbons (Fsp3) is 0.826. The fourth-order valence-corrected chi connectivity index (χ4v) is 4.71. The number of amides is 2. The first-order chi connectivity index (χ1) is 15.4. The number of ether oxygens (including phenoxy) is 1. The monoisotopic (exact) mass is 449 g/mol. The van der Waals surface area contributed by atoms with Gasteiger partial charge in [-0.25, -0.2) is 0 Å². The van der Waals surface area contributed by atoms with Crippen molar-refractivity contribution in [3.8, 4) is 0 Å². The van der Waals surface area contributed by atoms with Crippen molar-refractivity contribution in [3.05, 3.63) is 11.9 Å². The highest BCUT2D eigenvalue weighted by atomic mass is 16.5. The molecule has 2 amide bonds. The molecule has 1 aliphatic heterocycles. The Morgan fingerprint density at radius 3 is 2.78 bits per heavy atom. The van der Waals surface area contributed by atoms with Crippen LogP contribution in [0.25, 0.3) is 0 Å². The summed E-state index contributed by atoms with van der Waals surface area (Å²) < 4.78 is 8.00. The van der Waals surface area contributed by atoms with Crippen molar-refractivity contribution in [2.24, 2.45) is 11.8 Å². The van der Waals surface area contributed by atoms with Crippen molar-refractivity contribution in [3.63, 3.8) is 0 Å². The third-order valence-corrected chi connectivity index (χ3v) is 6.83. The third-order valence-electron chi connectivity index (χ3n) is 6.83. The summed E-state index contributed by atoms with van der Waals surface area (Å²) in [4.78, 5) is 29.5. The predicted octanol–water partition coefficient (Wildman–Crippen LogP) is 1.84. The molecule has 180 valence electrons. The number of aryl methyl sites for hydroxylation is 1. The van der Waals surface area contributed by atoms with E-state index in [0.717, 1.165) is 31.4 Å². The Bertz CT molecular complexity index is 749. The molecule has 1 aliphatic carbocycles. The topological polar surface area (TPSA) is 101 Å². The molecule has 1 aromatic rings. The molecule has 1 fully saturated rings. The summed E-state index contributed by atoms with van der Waals surface area (Å²) >= 11 is 0. The van der Waals surface area contributed by atoms with Gasteiger partial charge in [-0.1, -0.05) is 31.4 Å². The maximum absolute atomic E-state index is 13.0. The van der Waals surface area contributed by atoms with Crippen LogP contribution in [-0.4, -0.2) is 80.6 Å². The molecule has 0 radical (unpaired) electrons. The molecule has 1 saturated carbocycles. The molecule has 3 rings (SSSR count). The van der Waals surface area contributed by atoms with Gasteiger partial charge in [-0.3, -0.25) is 14.3 Å². The lowest BCUT2D eigenvalue weighted by Crippen LogP contribution is -2.48. The standard InChI is InChI=1S/C23H39N5O4/c1-17-12-28(18(2)15-29)22(30)10-7-11-27-13-20(24-25-27)16-32-21(17)14-26(3)23(31)19-8-5-4-6-9-19/h13,17-19,21,29H,4-12,14-16H2,1-3H3/t17-,18+,21+/m1/s1. The summed E-state index contributed by atoms with van der Waals surface area (Å²) in [6.07, 6.45) is 8.01. The van der Waals surface area contributed by atoms with E-state index in [1.807, 2.05) is 27.1 Å². The maximum atomic E-state index is 13.0. The van der Waals surface area contributed by atoms with E-state index in [-0.39, 0.29) is 42.4 Å². The van der Waals surface area contributed by atoms with Crippen molar-refractivity contribution in [1.29, 1.82) is 0 Å². The Balaban J connectivity index is 1.75. The largest absolute Gasteiger partial charge is 0.394 e. The van der Waals surface area contributed by atoms with Crippen LogP contribution in [0.3, 0.4) is 0 Å². The van der Waals surface area contributed by atoms with Gasteiger partial charge in [0, 0.05) is 44.9 Å². The number of hydrogen-bond acceptors (Lipinski definition) is 6. The van der Waals surface area contributed by atoms with Gasteiger partial charge in [0.15, 0.2) is 0 Å². The highest BCUT2D eigenvalue weighted by molar-refractivity contribution is 5.78. The Morgan fingerprint density at radius 2 is 2.06 bits per heavy atom. The second-order valence-corrected chi connectivity index (χ2v) is 9.53. The minimum atomic E-state index is -0.269. The van der Waals surface area contributed by atoms with E-state index in [1.165, 1.54) is 6.42 Å². The van der Waals surface area contributed by atoms with E-state index < -0.39 is 0 Å². The molecule has 9 heteroatoms. The molecule has 0 saturated heterocycles. The number of rotatable bonds is 5. The molecule has 1 aromatic heterocycles. The number of fused-ring (bicyclic) bond motifs is 2. The summed E-state index contributed by atoms with van der Waals surface area (Å²) in [7, 11) is 1.85. The Labute approximate surface area is 191 Å². The summed E-state index contributed by atoms with van der Waals surface area (Å²) in [5.74, 6) is 0.283. The molecule has 9 nitrogen and oxygen atoms in total. The Morgan fingerprint density at radius 1 is 1.31 bits per heavy atom. The number of carbonyl (C=O) groups excluding carboxylic acids is 2. The van der Waals surface area contributed by atoms with Crippen molar-refractivity contribution in [1.82, 2.24) is 24.8 Å². The number of aliphatic hydroxyl groups is 1. The third kappa shape index (κ3) is 6.51. The van der Waals surface area contributed by atoms with Gasteiger partial charge in [-0.15, -0.1) is 5.10 Å². The van der Waals surface area contributed by atoms with Gasteiger partial charge in [0.1, 0.15) is 5.69 Å². The SMILES string of the molecule is C[C@@H]1CN([C@@H](C)CO)C(=O)CCCn2cc(nn2)CO[C@H]1CN(C)C(=O)C1CCCCC1. The highest BCUT2D eigenvalue weighted by Gasteiger charge is 2.30. The van der Waals surface area contributed by atoms with Crippen molar-refractivity contribution in [2.45, 2.75) is 84.1 Å². The molecule has 0 aromatic carbocycles. The number of hydrogen-bond donors (Lipinski definition) is 1. The molecule has 32 heavy (non-hydrogen) atoms. The van der Waals surface area contributed by atoms with E-state index in [9.17, 15) is 14.7 Å². The maximum Gasteiger partial charge on any atom is 0.225 e. The minimum absolute atomic E-state index is 0.0170. The molecule has 0 spiro atoms. The zero-order valence-electron chi connectivity index (χ0n) is 19.8. The summed E-state index contributed by atoms with van der Waals surface area (Å²) in [5, 5.41) is 18.0. The molecule has 0 unspecified atom stereocenters. The van der Waals surface area contributed by atoms with Gasteiger partial charge in [-0.05, 0) is 26.2 Å². The van der Waals surface area contributed by atoms with Crippen LogP contribution < -0.4 is 0 Å². The number of likely N-dealkylation sites (N-methyl/N-ethyl adjacent to an activating group) is 1. The average molecular weight is 450 g/mol. The molecular weight excluding hydrogens is 410 g/mol. The van der Waals surface area contributed by atoms with Crippen LogP contribution >= 0.6 is 0 Å². The summed E-state index contributed by atoms with van der Waals surface area (Å²) in [5.41, 5.74) is 0.745. The van der Waals surface area contributed by atoms with Gasteiger partial charge in [-0.2, -0.15) is 0 Å². The van der Waals surface area contributed by atoms with E-state index in [4.69, 9.17) is 4.74 Å². The summed E-state index contributed by atoms with van der Waals surface area (Å²) in [6, 6.07) is -0.269. The number of nitrogens with zero attached hydrogens (tertiary/aromatic N) is 5. The van der Waals surface area contributed by atoms with Gasteiger partial charge in [0.25, 0.3) is 0 Å².